The molecule has 0 spiro atoms. The number of pyridine rings is 1. The molecule has 3 rings (SSSR count). The first-order valence-corrected chi connectivity index (χ1v) is 9.94. The van der Waals surface area contributed by atoms with Gasteiger partial charge in [0.1, 0.15) is 0 Å². The van der Waals surface area contributed by atoms with E-state index >= 15 is 0 Å². The zero-order valence-electron chi connectivity index (χ0n) is 17.7. The van der Waals surface area contributed by atoms with Gasteiger partial charge in [-0.15, -0.1) is 0 Å². The number of amides is 1. The van der Waals surface area contributed by atoms with Crippen molar-refractivity contribution in [3.63, 3.8) is 0 Å². The third kappa shape index (κ3) is 8.22. The summed E-state index contributed by atoms with van der Waals surface area (Å²) in [6.07, 6.45) is -3.28. The Labute approximate surface area is 187 Å². The van der Waals surface area contributed by atoms with Crippen molar-refractivity contribution >= 4 is 17.7 Å². The fourth-order valence-electron chi connectivity index (χ4n) is 2.93. The van der Waals surface area contributed by atoms with Crippen LogP contribution in [0.1, 0.15) is 24.0 Å². The molecule has 180 valence electrons. The largest absolute Gasteiger partial charge is 0.490 e. The number of carbonyl (C=O) groups is 2. The van der Waals surface area contributed by atoms with E-state index in [-0.39, 0.29) is 24.3 Å². The summed E-state index contributed by atoms with van der Waals surface area (Å²) < 4.78 is 51.4. The summed E-state index contributed by atoms with van der Waals surface area (Å²) in [7, 11) is 1.48. The third-order valence-electron chi connectivity index (χ3n) is 4.58. The van der Waals surface area contributed by atoms with Gasteiger partial charge in [-0.2, -0.15) is 18.2 Å². The van der Waals surface area contributed by atoms with Gasteiger partial charge in [0.25, 0.3) is 0 Å². The van der Waals surface area contributed by atoms with Gasteiger partial charge in [-0.05, 0) is 31.0 Å². The number of carbonyl (C=O) groups excluding carboxylic acids is 1. The van der Waals surface area contributed by atoms with Crippen LogP contribution in [0.15, 0.2) is 36.4 Å². The topological polar surface area (TPSA) is 113 Å². The Kier molecular flexibility index (Phi) is 9.40. The number of benzene rings is 1. The van der Waals surface area contributed by atoms with Crippen molar-refractivity contribution in [3.8, 4) is 5.88 Å². The minimum Gasteiger partial charge on any atom is -0.481 e. The number of halogens is 4. The van der Waals surface area contributed by atoms with Gasteiger partial charge in [0, 0.05) is 18.7 Å². The van der Waals surface area contributed by atoms with Crippen molar-refractivity contribution in [1.82, 2.24) is 15.6 Å². The molecule has 4 N–H and O–H groups in total. The molecule has 12 heteroatoms. The Morgan fingerprint density at radius 1 is 1.24 bits per heavy atom. The van der Waals surface area contributed by atoms with E-state index in [0.717, 1.165) is 24.9 Å². The molecule has 2 aromatic rings. The van der Waals surface area contributed by atoms with Gasteiger partial charge in [0.2, 0.25) is 11.8 Å². The van der Waals surface area contributed by atoms with Crippen molar-refractivity contribution in [2.75, 3.05) is 19.0 Å². The van der Waals surface area contributed by atoms with Crippen molar-refractivity contribution in [2.24, 2.45) is 0 Å². The fraction of sp³-hybridized carbons (Fsp3) is 0.381. The molecule has 1 atom stereocenters. The van der Waals surface area contributed by atoms with Crippen LogP contribution in [0, 0.1) is 5.82 Å². The van der Waals surface area contributed by atoms with E-state index in [1.54, 1.807) is 0 Å². The molecule has 0 saturated carbocycles. The van der Waals surface area contributed by atoms with Crippen molar-refractivity contribution in [3.05, 3.63) is 53.3 Å². The Morgan fingerprint density at radius 3 is 2.45 bits per heavy atom. The molecule has 0 unspecified atom stereocenters. The number of aliphatic carboxylic acids is 1. The Morgan fingerprint density at radius 2 is 1.91 bits per heavy atom. The lowest BCUT2D eigenvalue weighted by atomic mass is 10.2. The number of nitrogens with zero attached hydrogens (tertiary/aromatic N) is 1. The normalized spacial score (nSPS) is 15.2. The van der Waals surface area contributed by atoms with Crippen LogP contribution in [-0.2, 0) is 22.7 Å². The number of aromatic nitrogens is 1. The predicted octanol–water partition coefficient (Wildman–Crippen LogP) is 2.84. The van der Waals surface area contributed by atoms with Crippen molar-refractivity contribution in [2.45, 2.75) is 38.1 Å². The molecule has 1 amide bonds. The summed E-state index contributed by atoms with van der Waals surface area (Å²) in [4.78, 5) is 25.2. The van der Waals surface area contributed by atoms with Crippen molar-refractivity contribution in [1.29, 1.82) is 0 Å². The monoisotopic (exact) mass is 472 g/mol. The zero-order chi connectivity index (χ0) is 24.4. The SMILES string of the molecule is COc1nc(NCc2ccccc2)c(F)cc1CNC(=O)[C@@H]1CCCN1.O=C(O)C(F)(F)F. The van der Waals surface area contributed by atoms with E-state index in [1.165, 1.54) is 13.2 Å². The second kappa shape index (κ2) is 12.0. The standard InChI is InChI=1S/C19H23FN4O2.C2HF3O2/c1-26-19-14(12-23-18(25)16-8-5-9-21-16)10-15(20)17(24-19)22-11-13-6-3-2-4-7-13;3-2(4,5)1(6)7/h2-4,6-7,10,16,21H,5,8-9,11-12H2,1H3,(H,22,24)(H,23,25);(H,6,7)/t16-;/m0./s1. The molecule has 1 aromatic carbocycles. The van der Waals surface area contributed by atoms with Gasteiger partial charge in [-0.3, -0.25) is 4.79 Å². The van der Waals surface area contributed by atoms with Crippen LogP contribution >= 0.6 is 0 Å². The van der Waals surface area contributed by atoms with Crippen LogP contribution in [0.4, 0.5) is 23.4 Å². The van der Waals surface area contributed by atoms with Crippen molar-refractivity contribution < 1.29 is 37.0 Å². The predicted molar refractivity (Wildman–Crippen MR) is 111 cm³/mol. The van der Waals surface area contributed by atoms with Crippen LogP contribution in [0.2, 0.25) is 0 Å². The molecule has 33 heavy (non-hydrogen) atoms. The molecule has 8 nitrogen and oxygen atoms in total. The number of ether oxygens (including phenoxy) is 1. The van der Waals surface area contributed by atoms with E-state index in [4.69, 9.17) is 14.6 Å². The highest BCUT2D eigenvalue weighted by Crippen LogP contribution is 2.23. The number of carboxylic acid groups (broad SMARTS) is 1. The summed E-state index contributed by atoms with van der Waals surface area (Å²) in [6, 6.07) is 10.8. The maximum Gasteiger partial charge on any atom is 0.490 e. The van der Waals surface area contributed by atoms with E-state index in [1.807, 2.05) is 30.3 Å². The molecular formula is C21H24F4N4O4. The number of hydrogen-bond donors (Lipinski definition) is 4. The van der Waals surface area contributed by atoms with E-state index in [9.17, 15) is 22.4 Å². The lowest BCUT2D eigenvalue weighted by Gasteiger charge is -2.14. The average Bonchev–Trinajstić information content (AvgIpc) is 3.32. The van der Waals surface area contributed by atoms with Crippen LogP contribution in [0.25, 0.3) is 0 Å². The van der Waals surface area contributed by atoms with Crippen LogP contribution in [-0.4, -0.2) is 47.8 Å². The molecule has 0 radical (unpaired) electrons. The van der Waals surface area contributed by atoms with E-state index < -0.39 is 18.0 Å². The summed E-state index contributed by atoms with van der Waals surface area (Å²) in [6.45, 7) is 1.47. The van der Waals surface area contributed by atoms with Gasteiger partial charge >= 0.3 is 12.1 Å². The van der Waals surface area contributed by atoms with Gasteiger partial charge in [-0.25, -0.2) is 9.18 Å². The molecule has 1 aliphatic rings. The number of rotatable bonds is 7. The van der Waals surface area contributed by atoms with Crippen LogP contribution in [0.5, 0.6) is 5.88 Å². The van der Waals surface area contributed by atoms with Crippen LogP contribution in [0.3, 0.4) is 0 Å². The molecule has 1 fully saturated rings. The quantitative estimate of drug-likeness (QED) is 0.459. The molecule has 1 aromatic heterocycles. The molecule has 2 heterocycles. The molecule has 1 saturated heterocycles. The highest BCUT2D eigenvalue weighted by Gasteiger charge is 2.38. The minimum atomic E-state index is -5.08. The smallest absolute Gasteiger partial charge is 0.481 e. The van der Waals surface area contributed by atoms with Gasteiger partial charge in [0.15, 0.2) is 11.6 Å². The Hall–Kier alpha value is -3.41. The Bertz CT molecular complexity index is 936. The minimum absolute atomic E-state index is 0.0868. The molecule has 0 aliphatic carbocycles. The number of carboxylic acids is 1. The second-order valence-corrected chi connectivity index (χ2v) is 7.00. The Balaban J connectivity index is 0.000000479. The van der Waals surface area contributed by atoms with E-state index in [2.05, 4.69) is 20.9 Å². The summed E-state index contributed by atoms with van der Waals surface area (Å²) in [5, 5.41) is 16.0. The number of methoxy groups -OCH3 is 1. The number of hydrogen-bond acceptors (Lipinski definition) is 6. The number of alkyl halides is 3. The van der Waals surface area contributed by atoms with E-state index in [0.29, 0.717) is 18.0 Å². The highest BCUT2D eigenvalue weighted by atomic mass is 19.4. The molecular weight excluding hydrogens is 448 g/mol. The zero-order valence-corrected chi connectivity index (χ0v) is 17.7. The van der Waals surface area contributed by atoms with Gasteiger partial charge in [0.05, 0.1) is 13.2 Å². The van der Waals surface area contributed by atoms with Crippen LogP contribution < -0.4 is 20.7 Å². The fourth-order valence-corrected chi connectivity index (χ4v) is 2.93. The maximum atomic E-state index is 14.4. The molecule has 0 bridgehead atoms. The first-order valence-electron chi connectivity index (χ1n) is 9.94. The highest BCUT2D eigenvalue weighted by molar-refractivity contribution is 5.82. The summed E-state index contributed by atoms with van der Waals surface area (Å²) >= 11 is 0. The third-order valence-corrected chi connectivity index (χ3v) is 4.58. The average molecular weight is 472 g/mol. The second-order valence-electron chi connectivity index (χ2n) is 7.00. The van der Waals surface area contributed by atoms with Gasteiger partial charge < -0.3 is 25.8 Å². The lowest BCUT2D eigenvalue weighted by molar-refractivity contribution is -0.192. The number of anilines is 1. The summed E-state index contributed by atoms with van der Waals surface area (Å²) in [5.74, 6) is -2.91. The first kappa shape index (κ1) is 25.8. The van der Waals surface area contributed by atoms with Gasteiger partial charge in [-0.1, -0.05) is 30.3 Å². The number of nitrogens with one attached hydrogen (secondary N) is 3. The maximum absolute atomic E-state index is 14.4. The first-order chi connectivity index (χ1) is 15.6. The summed E-state index contributed by atoms with van der Waals surface area (Å²) in [5.41, 5.74) is 1.52. The molecule has 1 aliphatic heterocycles. The lowest BCUT2D eigenvalue weighted by Crippen LogP contribution is -2.40.